The Kier molecular flexibility index (Phi) is 9.28. The highest BCUT2D eigenvalue weighted by atomic mass is 32.2. The summed E-state index contributed by atoms with van der Waals surface area (Å²) in [5, 5.41) is 6.21. The van der Waals surface area contributed by atoms with Gasteiger partial charge < -0.3 is 20.1 Å². The van der Waals surface area contributed by atoms with Gasteiger partial charge in [-0.1, -0.05) is 32.3 Å². The molecule has 0 aromatic heterocycles. The third-order valence-corrected chi connectivity index (χ3v) is 7.82. The molecule has 1 fully saturated rings. The summed E-state index contributed by atoms with van der Waals surface area (Å²) in [4.78, 5) is 37.1. The van der Waals surface area contributed by atoms with Gasteiger partial charge in [0.15, 0.2) is 0 Å². The molecule has 0 heterocycles. The van der Waals surface area contributed by atoms with E-state index in [2.05, 4.69) is 17.6 Å². The highest BCUT2D eigenvalue weighted by Crippen LogP contribution is 2.47. The van der Waals surface area contributed by atoms with Crippen molar-refractivity contribution in [2.24, 2.45) is 5.92 Å². The third kappa shape index (κ3) is 6.26. The normalized spacial score (nSPS) is 24.6. The van der Waals surface area contributed by atoms with Crippen LogP contribution in [0.15, 0.2) is 18.2 Å². The molecule has 0 radical (unpaired) electrons. The first kappa shape index (κ1) is 26.4. The molecule has 1 saturated carbocycles. The number of hydrogen-bond acceptors (Lipinski definition) is 6. The summed E-state index contributed by atoms with van der Waals surface area (Å²) in [6.45, 7) is 5.66. The quantitative estimate of drug-likeness (QED) is 0.415. The van der Waals surface area contributed by atoms with Crippen LogP contribution in [0.2, 0.25) is 0 Å². The number of carbonyl (C=O) groups excluding carboxylic acids is 3. The number of carbonyl (C=O) groups is 3. The Balaban J connectivity index is 1.92. The molecule has 4 atom stereocenters. The highest BCUT2D eigenvalue weighted by Gasteiger charge is 2.47. The predicted molar refractivity (Wildman–Crippen MR) is 134 cm³/mol. The van der Waals surface area contributed by atoms with Crippen LogP contribution in [-0.4, -0.2) is 48.7 Å². The van der Waals surface area contributed by atoms with Gasteiger partial charge in [0.2, 0.25) is 11.8 Å². The minimum absolute atomic E-state index is 0.0591. The van der Waals surface area contributed by atoms with Crippen molar-refractivity contribution < 1.29 is 23.9 Å². The van der Waals surface area contributed by atoms with Crippen LogP contribution in [0.25, 0.3) is 0 Å². The number of thioether (sulfide) groups is 1. The van der Waals surface area contributed by atoms with Crippen molar-refractivity contribution in [3.8, 4) is 5.75 Å². The molecular weight excluding hydrogens is 452 g/mol. The van der Waals surface area contributed by atoms with Crippen LogP contribution in [0.1, 0.15) is 70.4 Å². The molecule has 2 N–H and O–H groups in total. The summed E-state index contributed by atoms with van der Waals surface area (Å²) in [7, 11) is 0. The van der Waals surface area contributed by atoms with E-state index >= 15 is 0 Å². The van der Waals surface area contributed by atoms with Crippen molar-refractivity contribution in [2.45, 2.75) is 83.2 Å². The van der Waals surface area contributed by atoms with Crippen LogP contribution in [0, 0.1) is 5.92 Å². The van der Waals surface area contributed by atoms with Gasteiger partial charge in [-0.15, -0.1) is 0 Å². The molecule has 0 aliphatic heterocycles. The fourth-order valence-corrected chi connectivity index (χ4v) is 6.05. The first-order chi connectivity index (χ1) is 16.3. The molecule has 2 amide bonds. The first-order valence-corrected chi connectivity index (χ1v) is 13.7. The number of rotatable bonds is 8. The van der Waals surface area contributed by atoms with Gasteiger partial charge in [0, 0.05) is 18.4 Å². The fourth-order valence-electron chi connectivity index (χ4n) is 5.58. The lowest BCUT2D eigenvalue weighted by Crippen LogP contribution is -2.60. The molecule has 2 aliphatic rings. The third-order valence-electron chi connectivity index (χ3n) is 7.17. The molecule has 0 spiro atoms. The molecule has 0 saturated heterocycles. The standard InChI is InChI=1S/C26H38N2O5S/c1-5-32-25(31)33-20-11-10-18-15-19-9-7-6-8-13-26(3,21(18)16-20)23(19)28-24(30)22(12-14-34-4)27-17(2)29/h10-11,16,19,22-23H,5-9,12-15H2,1-4H3,(H,27,29)(H,28,30)/t19-,22-,23-,26+/m0/s1. The number of hydrogen-bond donors (Lipinski definition) is 2. The zero-order chi connectivity index (χ0) is 24.7. The molecule has 2 bridgehead atoms. The number of benzene rings is 1. The summed E-state index contributed by atoms with van der Waals surface area (Å²) >= 11 is 1.66. The van der Waals surface area contributed by atoms with E-state index in [-0.39, 0.29) is 29.9 Å². The highest BCUT2D eigenvalue weighted by molar-refractivity contribution is 7.98. The van der Waals surface area contributed by atoms with Gasteiger partial charge in [-0.25, -0.2) is 4.79 Å². The van der Waals surface area contributed by atoms with E-state index in [9.17, 15) is 14.4 Å². The summed E-state index contributed by atoms with van der Waals surface area (Å²) in [6.07, 6.45) is 8.11. The largest absolute Gasteiger partial charge is 0.513 e. The Labute approximate surface area is 207 Å². The molecule has 7 nitrogen and oxygen atoms in total. The number of nitrogens with one attached hydrogen (secondary N) is 2. The minimum atomic E-state index is -0.712. The van der Waals surface area contributed by atoms with Gasteiger partial charge in [0.05, 0.1) is 6.61 Å². The molecule has 188 valence electrons. The molecule has 1 aromatic carbocycles. The SMILES string of the molecule is CCOC(=O)Oc1ccc2c(c1)[C@@]1(C)CCCCC[C@@H](C2)[C@@H]1NC(=O)[C@H](CCSC)NC(C)=O. The average molecular weight is 491 g/mol. The Morgan fingerprint density at radius 3 is 2.74 bits per heavy atom. The smallest absolute Gasteiger partial charge is 0.434 e. The van der Waals surface area contributed by atoms with Crippen molar-refractivity contribution in [2.75, 3.05) is 18.6 Å². The fraction of sp³-hybridized carbons (Fsp3) is 0.654. The topological polar surface area (TPSA) is 93.7 Å². The zero-order valence-electron chi connectivity index (χ0n) is 20.8. The van der Waals surface area contributed by atoms with Crippen LogP contribution < -0.4 is 15.4 Å². The lowest BCUT2D eigenvalue weighted by Gasteiger charge is -2.49. The lowest BCUT2D eigenvalue weighted by atomic mass is 9.59. The van der Waals surface area contributed by atoms with E-state index in [4.69, 9.17) is 9.47 Å². The molecule has 1 aromatic rings. The van der Waals surface area contributed by atoms with Crippen molar-refractivity contribution in [3.05, 3.63) is 29.3 Å². The Bertz CT molecular complexity index is 892. The minimum Gasteiger partial charge on any atom is -0.434 e. The number of amides is 2. The molecular formula is C26H38N2O5S. The summed E-state index contributed by atoms with van der Waals surface area (Å²) < 4.78 is 10.3. The van der Waals surface area contributed by atoms with Gasteiger partial charge in [-0.3, -0.25) is 9.59 Å². The maximum absolute atomic E-state index is 13.4. The van der Waals surface area contributed by atoms with Crippen LogP contribution in [0.3, 0.4) is 0 Å². The predicted octanol–water partition coefficient (Wildman–Crippen LogP) is 4.36. The summed E-state index contributed by atoms with van der Waals surface area (Å²) in [5.41, 5.74) is 2.07. The molecule has 0 unspecified atom stereocenters. The maximum Gasteiger partial charge on any atom is 0.513 e. The van der Waals surface area contributed by atoms with E-state index in [0.29, 0.717) is 18.1 Å². The van der Waals surface area contributed by atoms with E-state index in [1.165, 1.54) is 18.9 Å². The van der Waals surface area contributed by atoms with E-state index in [1.54, 1.807) is 18.7 Å². The van der Waals surface area contributed by atoms with E-state index in [0.717, 1.165) is 43.4 Å². The molecule has 2 aliphatic carbocycles. The Morgan fingerprint density at radius 2 is 2.03 bits per heavy atom. The van der Waals surface area contributed by atoms with Gasteiger partial charge in [-0.2, -0.15) is 11.8 Å². The van der Waals surface area contributed by atoms with Gasteiger partial charge in [-0.05, 0) is 73.8 Å². The van der Waals surface area contributed by atoms with Crippen molar-refractivity contribution in [1.29, 1.82) is 0 Å². The van der Waals surface area contributed by atoms with E-state index < -0.39 is 12.2 Å². The van der Waals surface area contributed by atoms with E-state index in [1.807, 2.05) is 24.5 Å². The number of fused-ring (bicyclic) bond motifs is 4. The molecule has 8 heteroatoms. The number of ether oxygens (including phenoxy) is 2. The van der Waals surface area contributed by atoms with Crippen LogP contribution in [0.5, 0.6) is 5.75 Å². The van der Waals surface area contributed by atoms with Gasteiger partial charge in [0.1, 0.15) is 11.8 Å². The Morgan fingerprint density at radius 1 is 1.24 bits per heavy atom. The Hall–Kier alpha value is -2.22. The lowest BCUT2D eigenvalue weighted by molar-refractivity contribution is -0.129. The zero-order valence-corrected chi connectivity index (χ0v) is 21.6. The van der Waals surface area contributed by atoms with Crippen molar-refractivity contribution >= 4 is 29.7 Å². The second-order valence-corrected chi connectivity index (χ2v) is 10.6. The second-order valence-electron chi connectivity index (χ2n) is 9.61. The van der Waals surface area contributed by atoms with Crippen LogP contribution in [0.4, 0.5) is 4.79 Å². The monoisotopic (exact) mass is 490 g/mol. The molecule has 3 rings (SSSR count). The van der Waals surface area contributed by atoms with Crippen LogP contribution >= 0.6 is 11.8 Å². The summed E-state index contributed by atoms with van der Waals surface area (Å²) in [5.74, 6) is 1.25. The first-order valence-electron chi connectivity index (χ1n) is 12.3. The molecule has 34 heavy (non-hydrogen) atoms. The maximum atomic E-state index is 13.4. The average Bonchev–Trinajstić information content (AvgIpc) is 2.78. The van der Waals surface area contributed by atoms with Gasteiger partial charge in [0.25, 0.3) is 0 Å². The van der Waals surface area contributed by atoms with Crippen molar-refractivity contribution in [1.82, 2.24) is 10.6 Å². The van der Waals surface area contributed by atoms with Crippen LogP contribution in [-0.2, 0) is 26.2 Å². The van der Waals surface area contributed by atoms with Crippen molar-refractivity contribution in [3.63, 3.8) is 0 Å². The van der Waals surface area contributed by atoms with Gasteiger partial charge >= 0.3 is 6.16 Å². The second kappa shape index (κ2) is 12.0. The summed E-state index contributed by atoms with van der Waals surface area (Å²) in [6, 6.07) is 5.22.